The number of aromatic nitrogens is 2. The summed E-state index contributed by atoms with van der Waals surface area (Å²) in [5, 5.41) is 18.2. The molecule has 1 heterocycles. The molecule has 1 aliphatic rings. The van der Waals surface area contributed by atoms with Crippen molar-refractivity contribution in [3.05, 3.63) is 15.8 Å². The first-order chi connectivity index (χ1) is 7.54. The van der Waals surface area contributed by atoms with E-state index in [1.165, 1.54) is 4.68 Å². The monoisotopic (exact) mass is 225 g/mol. The Kier molecular flexibility index (Phi) is 2.55. The summed E-state index contributed by atoms with van der Waals surface area (Å²) in [7, 11) is 1.70. The molecule has 3 N–H and O–H groups in total. The van der Waals surface area contributed by atoms with Crippen LogP contribution in [0.3, 0.4) is 0 Å². The molecule has 0 saturated heterocycles. The van der Waals surface area contributed by atoms with E-state index < -0.39 is 0 Å². The van der Waals surface area contributed by atoms with Gasteiger partial charge in [-0.25, -0.2) is 4.68 Å². The van der Waals surface area contributed by atoms with Crippen molar-refractivity contribution < 1.29 is 4.92 Å². The summed E-state index contributed by atoms with van der Waals surface area (Å²) in [6.45, 7) is 1.85. The van der Waals surface area contributed by atoms with Crippen LogP contribution in [0.15, 0.2) is 0 Å². The quantitative estimate of drug-likeness (QED) is 0.571. The van der Waals surface area contributed by atoms with Crippen LogP contribution in [-0.2, 0) is 13.5 Å². The Bertz CT molecular complexity index is 428. The third kappa shape index (κ3) is 1.73. The van der Waals surface area contributed by atoms with Crippen molar-refractivity contribution in [3.63, 3.8) is 0 Å². The summed E-state index contributed by atoms with van der Waals surface area (Å²) in [5.74, 6) is 0.458. The topological polar surface area (TPSA) is 99.0 Å². The van der Waals surface area contributed by atoms with Crippen LogP contribution in [0.4, 0.5) is 11.5 Å². The number of aryl methyl sites for hydroxylation is 2. The lowest BCUT2D eigenvalue weighted by Crippen LogP contribution is -2.15. The van der Waals surface area contributed by atoms with E-state index in [-0.39, 0.29) is 22.7 Å². The van der Waals surface area contributed by atoms with Gasteiger partial charge in [0.25, 0.3) is 0 Å². The van der Waals surface area contributed by atoms with Crippen LogP contribution < -0.4 is 11.1 Å². The zero-order chi connectivity index (χ0) is 11.9. The first-order valence-electron chi connectivity index (χ1n) is 5.27. The molecule has 1 saturated carbocycles. The molecule has 2 atom stereocenters. The second-order valence-electron chi connectivity index (χ2n) is 4.03. The van der Waals surface area contributed by atoms with Crippen LogP contribution in [0.5, 0.6) is 0 Å². The highest BCUT2D eigenvalue weighted by Crippen LogP contribution is 2.32. The first kappa shape index (κ1) is 10.9. The average molecular weight is 225 g/mol. The third-order valence-corrected chi connectivity index (χ3v) is 2.77. The zero-order valence-corrected chi connectivity index (χ0v) is 9.30. The highest BCUT2D eigenvalue weighted by atomic mass is 16.6. The number of nitro groups is 1. The Morgan fingerprint density at radius 2 is 2.38 bits per heavy atom. The number of nitrogens with two attached hydrogens (primary N) is 1. The van der Waals surface area contributed by atoms with Crippen LogP contribution in [0.1, 0.15) is 19.0 Å². The molecule has 0 bridgehead atoms. The van der Waals surface area contributed by atoms with Gasteiger partial charge in [-0.15, -0.1) is 0 Å². The van der Waals surface area contributed by atoms with Crippen LogP contribution >= 0.6 is 0 Å². The molecule has 0 aromatic carbocycles. The van der Waals surface area contributed by atoms with Gasteiger partial charge in [-0.2, -0.15) is 5.10 Å². The van der Waals surface area contributed by atoms with Gasteiger partial charge in [-0.1, -0.05) is 6.92 Å². The van der Waals surface area contributed by atoms with Gasteiger partial charge >= 0.3 is 5.69 Å². The molecule has 1 fully saturated rings. The lowest BCUT2D eigenvalue weighted by molar-refractivity contribution is -0.384. The maximum absolute atomic E-state index is 11.0. The van der Waals surface area contributed by atoms with Crippen molar-refractivity contribution in [2.75, 3.05) is 5.32 Å². The molecule has 16 heavy (non-hydrogen) atoms. The summed E-state index contributed by atoms with van der Waals surface area (Å²) in [4.78, 5) is 10.6. The summed E-state index contributed by atoms with van der Waals surface area (Å²) in [6.07, 6.45) is 1.40. The van der Waals surface area contributed by atoms with Gasteiger partial charge in [0.05, 0.1) is 4.92 Å². The van der Waals surface area contributed by atoms with Gasteiger partial charge in [-0.05, 0) is 12.8 Å². The molecule has 0 aliphatic heterocycles. The minimum absolute atomic E-state index is 0.0732. The van der Waals surface area contributed by atoms with E-state index in [0.29, 0.717) is 17.9 Å². The Balaban J connectivity index is 2.33. The lowest BCUT2D eigenvalue weighted by atomic mass is 10.3. The fourth-order valence-corrected chi connectivity index (χ4v) is 1.72. The number of anilines is 1. The standard InChI is InChI=1S/C9H15N5O2/c1-3-6-8(14(15)16)9(13(2)12-6)11-7-4-5(7)10/h5,7,11H,3-4,10H2,1-2H3. The van der Waals surface area contributed by atoms with E-state index in [0.717, 1.165) is 6.42 Å². The van der Waals surface area contributed by atoms with Crippen LogP contribution in [-0.4, -0.2) is 26.8 Å². The molecule has 0 amide bonds. The van der Waals surface area contributed by atoms with Crippen LogP contribution in [0.2, 0.25) is 0 Å². The highest BCUT2D eigenvalue weighted by Gasteiger charge is 2.37. The first-order valence-corrected chi connectivity index (χ1v) is 5.27. The van der Waals surface area contributed by atoms with Gasteiger partial charge < -0.3 is 11.1 Å². The van der Waals surface area contributed by atoms with Crippen molar-refractivity contribution >= 4 is 11.5 Å². The van der Waals surface area contributed by atoms with Crippen molar-refractivity contribution in [1.29, 1.82) is 0 Å². The number of rotatable bonds is 4. The van der Waals surface area contributed by atoms with Crippen molar-refractivity contribution in [2.45, 2.75) is 31.8 Å². The van der Waals surface area contributed by atoms with E-state index in [1.54, 1.807) is 7.05 Å². The van der Waals surface area contributed by atoms with Crippen molar-refractivity contribution in [3.8, 4) is 0 Å². The Hall–Kier alpha value is -1.63. The van der Waals surface area contributed by atoms with E-state index in [9.17, 15) is 10.1 Å². The largest absolute Gasteiger partial charge is 0.360 e. The SMILES string of the molecule is CCc1nn(C)c(NC2CC2N)c1[N+](=O)[O-]. The molecule has 2 rings (SSSR count). The molecule has 1 aromatic heterocycles. The molecule has 0 radical (unpaired) electrons. The van der Waals surface area contributed by atoms with Gasteiger partial charge in [0.15, 0.2) is 0 Å². The minimum atomic E-state index is -0.387. The van der Waals surface area contributed by atoms with Gasteiger partial charge in [0.2, 0.25) is 5.82 Å². The minimum Gasteiger partial charge on any atom is -0.360 e. The Labute approximate surface area is 92.8 Å². The number of nitrogens with zero attached hydrogens (tertiary/aromatic N) is 3. The van der Waals surface area contributed by atoms with Gasteiger partial charge in [-0.3, -0.25) is 10.1 Å². The number of nitrogens with one attached hydrogen (secondary N) is 1. The van der Waals surface area contributed by atoms with E-state index >= 15 is 0 Å². The molecule has 1 aliphatic carbocycles. The average Bonchev–Trinajstić information content (AvgIpc) is 2.79. The van der Waals surface area contributed by atoms with E-state index in [2.05, 4.69) is 10.4 Å². The fourth-order valence-electron chi connectivity index (χ4n) is 1.72. The predicted octanol–water partition coefficient (Wildman–Crippen LogP) is 0.402. The Morgan fingerprint density at radius 3 is 2.81 bits per heavy atom. The second-order valence-corrected chi connectivity index (χ2v) is 4.03. The molecule has 0 spiro atoms. The molecule has 1 aromatic rings. The zero-order valence-electron chi connectivity index (χ0n) is 9.30. The fraction of sp³-hybridized carbons (Fsp3) is 0.667. The smallest absolute Gasteiger partial charge is 0.333 e. The van der Waals surface area contributed by atoms with E-state index in [1.807, 2.05) is 6.92 Å². The number of hydrogen-bond acceptors (Lipinski definition) is 5. The lowest BCUT2D eigenvalue weighted by Gasteiger charge is -2.03. The predicted molar refractivity (Wildman–Crippen MR) is 59.2 cm³/mol. The summed E-state index contributed by atoms with van der Waals surface area (Å²) >= 11 is 0. The maximum Gasteiger partial charge on any atom is 0.333 e. The normalized spacial score (nSPS) is 23.2. The molecule has 88 valence electrons. The third-order valence-electron chi connectivity index (χ3n) is 2.77. The molecular formula is C9H15N5O2. The molecule has 7 heteroatoms. The highest BCUT2D eigenvalue weighted by molar-refractivity contribution is 5.61. The van der Waals surface area contributed by atoms with Crippen LogP contribution in [0.25, 0.3) is 0 Å². The molecule has 2 unspecified atom stereocenters. The van der Waals surface area contributed by atoms with Gasteiger partial charge in [0, 0.05) is 19.1 Å². The maximum atomic E-state index is 11.0. The Morgan fingerprint density at radius 1 is 1.75 bits per heavy atom. The van der Waals surface area contributed by atoms with Crippen molar-refractivity contribution in [2.24, 2.45) is 12.8 Å². The van der Waals surface area contributed by atoms with E-state index in [4.69, 9.17) is 5.73 Å². The summed E-state index contributed by atoms with van der Waals surface area (Å²) < 4.78 is 1.52. The van der Waals surface area contributed by atoms with Gasteiger partial charge in [0.1, 0.15) is 5.69 Å². The molecule has 7 nitrogen and oxygen atoms in total. The summed E-state index contributed by atoms with van der Waals surface area (Å²) in [5.41, 5.74) is 6.25. The van der Waals surface area contributed by atoms with Crippen LogP contribution in [0, 0.1) is 10.1 Å². The molecular weight excluding hydrogens is 210 g/mol. The second kappa shape index (κ2) is 3.75. The summed E-state index contributed by atoms with van der Waals surface area (Å²) in [6, 6.07) is 0.235. The number of hydrogen-bond donors (Lipinski definition) is 2. The van der Waals surface area contributed by atoms with Crippen molar-refractivity contribution in [1.82, 2.24) is 9.78 Å².